The molecule has 2 rings (SSSR count). The summed E-state index contributed by atoms with van der Waals surface area (Å²) in [4.78, 5) is 8.51. The molecule has 2 atom stereocenters. The zero-order valence-electron chi connectivity index (χ0n) is 10.7. The smallest absolute Gasteiger partial charge is 0.129 e. The number of rotatable bonds is 4. The highest BCUT2D eigenvalue weighted by Gasteiger charge is 2.21. The van der Waals surface area contributed by atoms with Crippen molar-refractivity contribution in [3.05, 3.63) is 18.1 Å². The van der Waals surface area contributed by atoms with Gasteiger partial charge < -0.3 is 11.1 Å². The third-order valence-corrected chi connectivity index (χ3v) is 3.43. The number of nitrogens with zero attached hydrogens (tertiary/aromatic N) is 2. The second kappa shape index (κ2) is 5.45. The Morgan fingerprint density at radius 2 is 2.24 bits per heavy atom. The van der Waals surface area contributed by atoms with Crippen LogP contribution in [-0.2, 0) is 0 Å². The molecule has 4 nitrogen and oxygen atoms in total. The van der Waals surface area contributed by atoms with E-state index >= 15 is 0 Å². The first-order valence-corrected chi connectivity index (χ1v) is 6.46. The Bertz CT molecular complexity index is 364. The first-order valence-electron chi connectivity index (χ1n) is 6.46. The van der Waals surface area contributed by atoms with E-state index in [9.17, 15) is 0 Å². The summed E-state index contributed by atoms with van der Waals surface area (Å²) < 4.78 is 0. The number of hydrogen-bond acceptors (Lipinski definition) is 4. The molecule has 2 unspecified atom stereocenters. The molecular formula is C13H22N4. The van der Waals surface area contributed by atoms with E-state index in [1.54, 1.807) is 6.33 Å². The van der Waals surface area contributed by atoms with E-state index in [1.807, 2.05) is 6.07 Å². The fourth-order valence-corrected chi connectivity index (χ4v) is 2.33. The Morgan fingerprint density at radius 1 is 1.41 bits per heavy atom. The van der Waals surface area contributed by atoms with Gasteiger partial charge in [0.2, 0.25) is 0 Å². The summed E-state index contributed by atoms with van der Waals surface area (Å²) in [6.07, 6.45) is 5.16. The van der Waals surface area contributed by atoms with E-state index < -0.39 is 0 Å². The third kappa shape index (κ3) is 3.40. The molecule has 0 radical (unpaired) electrons. The SMILES string of the molecule is CC(C)c1cc(NCC2CCC(N)C2)ncn1. The van der Waals surface area contributed by atoms with Gasteiger partial charge in [0.25, 0.3) is 0 Å². The summed E-state index contributed by atoms with van der Waals surface area (Å²) >= 11 is 0. The molecule has 1 aliphatic carbocycles. The van der Waals surface area contributed by atoms with Crippen molar-refractivity contribution in [1.29, 1.82) is 0 Å². The predicted molar refractivity (Wildman–Crippen MR) is 69.9 cm³/mol. The lowest BCUT2D eigenvalue weighted by atomic mass is 10.1. The van der Waals surface area contributed by atoms with Gasteiger partial charge in [0.1, 0.15) is 12.1 Å². The van der Waals surface area contributed by atoms with Crippen LogP contribution in [0.2, 0.25) is 0 Å². The van der Waals surface area contributed by atoms with Crippen LogP contribution in [0, 0.1) is 5.92 Å². The maximum Gasteiger partial charge on any atom is 0.129 e. The Labute approximate surface area is 103 Å². The van der Waals surface area contributed by atoms with Crippen LogP contribution in [0.25, 0.3) is 0 Å². The Balaban J connectivity index is 1.88. The van der Waals surface area contributed by atoms with Crippen molar-refractivity contribution >= 4 is 5.82 Å². The molecule has 1 aliphatic rings. The monoisotopic (exact) mass is 234 g/mol. The van der Waals surface area contributed by atoms with Gasteiger partial charge in [-0.1, -0.05) is 13.8 Å². The van der Waals surface area contributed by atoms with Gasteiger partial charge in [0.05, 0.1) is 0 Å². The van der Waals surface area contributed by atoms with Crippen molar-refractivity contribution in [3.63, 3.8) is 0 Å². The molecule has 0 aromatic carbocycles. The summed E-state index contributed by atoms with van der Waals surface area (Å²) in [6.45, 7) is 5.26. The summed E-state index contributed by atoms with van der Waals surface area (Å²) in [5.41, 5.74) is 6.99. The molecule has 0 spiro atoms. The summed E-state index contributed by atoms with van der Waals surface area (Å²) in [5, 5.41) is 3.40. The quantitative estimate of drug-likeness (QED) is 0.837. The Morgan fingerprint density at radius 3 is 2.88 bits per heavy atom. The minimum atomic E-state index is 0.401. The van der Waals surface area contributed by atoms with Gasteiger partial charge in [-0.3, -0.25) is 0 Å². The number of hydrogen-bond donors (Lipinski definition) is 2. The fraction of sp³-hybridized carbons (Fsp3) is 0.692. The zero-order chi connectivity index (χ0) is 12.3. The average Bonchev–Trinajstić information content (AvgIpc) is 2.73. The molecule has 17 heavy (non-hydrogen) atoms. The van der Waals surface area contributed by atoms with Crippen molar-refractivity contribution in [1.82, 2.24) is 9.97 Å². The molecule has 1 saturated carbocycles. The van der Waals surface area contributed by atoms with E-state index in [1.165, 1.54) is 6.42 Å². The summed E-state index contributed by atoms with van der Waals surface area (Å²) in [7, 11) is 0. The molecule has 0 aliphatic heterocycles. The van der Waals surface area contributed by atoms with Crippen LogP contribution in [0.1, 0.15) is 44.7 Å². The van der Waals surface area contributed by atoms with E-state index in [4.69, 9.17) is 5.73 Å². The van der Waals surface area contributed by atoms with Crippen LogP contribution < -0.4 is 11.1 Å². The average molecular weight is 234 g/mol. The van der Waals surface area contributed by atoms with Crippen molar-refractivity contribution in [2.45, 2.75) is 45.1 Å². The lowest BCUT2D eigenvalue weighted by Gasteiger charge is -2.12. The lowest BCUT2D eigenvalue weighted by Crippen LogP contribution is -2.18. The van der Waals surface area contributed by atoms with Gasteiger partial charge in [-0.15, -0.1) is 0 Å². The van der Waals surface area contributed by atoms with Gasteiger partial charge in [0, 0.05) is 24.3 Å². The largest absolute Gasteiger partial charge is 0.370 e. The van der Waals surface area contributed by atoms with Gasteiger partial charge in [-0.05, 0) is 31.1 Å². The van der Waals surface area contributed by atoms with Gasteiger partial charge >= 0.3 is 0 Å². The van der Waals surface area contributed by atoms with Crippen LogP contribution in [0.3, 0.4) is 0 Å². The van der Waals surface area contributed by atoms with E-state index in [2.05, 4.69) is 29.1 Å². The molecule has 4 heteroatoms. The van der Waals surface area contributed by atoms with Crippen molar-refractivity contribution in [3.8, 4) is 0 Å². The van der Waals surface area contributed by atoms with Gasteiger partial charge in [-0.25, -0.2) is 9.97 Å². The molecule has 1 heterocycles. The van der Waals surface area contributed by atoms with E-state index in [-0.39, 0.29) is 0 Å². The van der Waals surface area contributed by atoms with Crippen LogP contribution >= 0.6 is 0 Å². The predicted octanol–water partition coefficient (Wildman–Crippen LogP) is 2.14. The van der Waals surface area contributed by atoms with Gasteiger partial charge in [0.15, 0.2) is 0 Å². The van der Waals surface area contributed by atoms with Crippen molar-refractivity contribution in [2.24, 2.45) is 11.7 Å². The third-order valence-electron chi connectivity index (χ3n) is 3.43. The summed E-state index contributed by atoms with van der Waals surface area (Å²) in [6, 6.07) is 2.44. The van der Waals surface area contributed by atoms with Crippen molar-refractivity contribution in [2.75, 3.05) is 11.9 Å². The normalized spacial score (nSPS) is 24.2. The minimum Gasteiger partial charge on any atom is -0.370 e. The minimum absolute atomic E-state index is 0.401. The molecule has 3 N–H and O–H groups in total. The molecule has 0 saturated heterocycles. The van der Waals surface area contributed by atoms with E-state index in [0.717, 1.165) is 30.9 Å². The standard InChI is InChI=1S/C13H22N4/c1-9(2)12-6-13(17-8-16-12)15-7-10-3-4-11(14)5-10/h6,8-11H,3-5,7,14H2,1-2H3,(H,15,16,17). The number of aromatic nitrogens is 2. The molecule has 0 bridgehead atoms. The molecule has 1 aromatic heterocycles. The van der Waals surface area contributed by atoms with Crippen LogP contribution in [0.15, 0.2) is 12.4 Å². The molecule has 0 amide bonds. The molecule has 1 fully saturated rings. The number of nitrogens with one attached hydrogen (secondary N) is 1. The zero-order valence-corrected chi connectivity index (χ0v) is 10.7. The van der Waals surface area contributed by atoms with E-state index in [0.29, 0.717) is 17.9 Å². The van der Waals surface area contributed by atoms with Gasteiger partial charge in [-0.2, -0.15) is 0 Å². The maximum absolute atomic E-state index is 5.90. The fourth-order valence-electron chi connectivity index (χ4n) is 2.33. The first-order chi connectivity index (χ1) is 8.15. The van der Waals surface area contributed by atoms with Crippen LogP contribution in [0.4, 0.5) is 5.82 Å². The second-order valence-electron chi connectivity index (χ2n) is 5.30. The number of anilines is 1. The topological polar surface area (TPSA) is 63.8 Å². The highest BCUT2D eigenvalue weighted by Crippen LogP contribution is 2.24. The first kappa shape index (κ1) is 12.3. The maximum atomic E-state index is 5.90. The Kier molecular flexibility index (Phi) is 3.94. The highest BCUT2D eigenvalue weighted by molar-refractivity contribution is 5.35. The molecule has 94 valence electrons. The van der Waals surface area contributed by atoms with Crippen LogP contribution in [-0.4, -0.2) is 22.6 Å². The van der Waals surface area contributed by atoms with Crippen LogP contribution in [0.5, 0.6) is 0 Å². The lowest BCUT2D eigenvalue weighted by molar-refractivity contribution is 0.564. The second-order valence-corrected chi connectivity index (χ2v) is 5.30. The molecular weight excluding hydrogens is 212 g/mol. The Hall–Kier alpha value is -1.16. The highest BCUT2D eigenvalue weighted by atomic mass is 15.0. The molecule has 1 aromatic rings. The summed E-state index contributed by atoms with van der Waals surface area (Å²) in [5.74, 6) is 2.07. The number of nitrogens with two attached hydrogens (primary N) is 1. The van der Waals surface area contributed by atoms with Crippen molar-refractivity contribution < 1.29 is 0 Å².